The van der Waals surface area contributed by atoms with Crippen LogP contribution in [0.25, 0.3) is 0 Å². The third kappa shape index (κ3) is 3.50. The van der Waals surface area contributed by atoms with Crippen molar-refractivity contribution in [3.05, 3.63) is 72.1 Å². The van der Waals surface area contributed by atoms with E-state index in [-0.39, 0.29) is 10.8 Å². The van der Waals surface area contributed by atoms with Crippen molar-refractivity contribution in [3.8, 4) is 0 Å². The molecule has 0 spiro atoms. The summed E-state index contributed by atoms with van der Waals surface area (Å²) >= 11 is 0. The number of aryl methyl sites for hydroxylation is 2. The first-order valence-corrected chi connectivity index (χ1v) is 10.4. The maximum absolute atomic E-state index is 13.0. The first kappa shape index (κ1) is 18.2. The number of benzene rings is 2. The van der Waals surface area contributed by atoms with Crippen LogP contribution < -0.4 is 9.62 Å². The molecule has 0 aliphatic carbocycles. The summed E-state index contributed by atoms with van der Waals surface area (Å²) in [6.45, 7) is 0.597. The summed E-state index contributed by atoms with van der Waals surface area (Å²) in [5.41, 5.74) is 2.79. The molecule has 8 heteroatoms. The Morgan fingerprint density at radius 2 is 1.93 bits per heavy atom. The number of fused-ring (bicyclic) bond motifs is 1. The highest BCUT2D eigenvalue weighted by Gasteiger charge is 2.25. The molecule has 144 valence electrons. The minimum atomic E-state index is -3.75. The molecule has 3 aromatic rings. The van der Waals surface area contributed by atoms with Crippen LogP contribution in [0.15, 0.2) is 65.8 Å². The van der Waals surface area contributed by atoms with Gasteiger partial charge in [-0.3, -0.25) is 14.2 Å². The van der Waals surface area contributed by atoms with E-state index >= 15 is 0 Å². The Labute approximate surface area is 163 Å². The summed E-state index contributed by atoms with van der Waals surface area (Å²) in [6, 6.07) is 14.4. The molecule has 4 rings (SSSR count). The van der Waals surface area contributed by atoms with E-state index in [1.165, 1.54) is 17.1 Å². The van der Waals surface area contributed by atoms with Crippen LogP contribution in [0.4, 0.5) is 11.4 Å². The second kappa shape index (κ2) is 7.12. The Kier molecular flexibility index (Phi) is 4.64. The second-order valence-electron chi connectivity index (χ2n) is 6.73. The predicted molar refractivity (Wildman–Crippen MR) is 107 cm³/mol. The van der Waals surface area contributed by atoms with Crippen LogP contribution in [0.2, 0.25) is 0 Å². The van der Waals surface area contributed by atoms with Gasteiger partial charge in [0.15, 0.2) is 0 Å². The predicted octanol–water partition coefficient (Wildman–Crippen LogP) is 2.81. The van der Waals surface area contributed by atoms with E-state index in [2.05, 4.69) is 9.82 Å². The van der Waals surface area contributed by atoms with Crippen molar-refractivity contribution in [1.82, 2.24) is 9.78 Å². The number of aromatic nitrogens is 2. The zero-order chi connectivity index (χ0) is 19.7. The molecule has 0 atom stereocenters. The number of nitrogens with zero attached hydrogens (tertiary/aromatic N) is 3. The second-order valence-corrected chi connectivity index (χ2v) is 8.41. The molecule has 0 saturated carbocycles. The van der Waals surface area contributed by atoms with Gasteiger partial charge in [-0.05, 0) is 42.7 Å². The van der Waals surface area contributed by atoms with Gasteiger partial charge in [0.2, 0.25) is 0 Å². The summed E-state index contributed by atoms with van der Waals surface area (Å²) in [5.74, 6) is -0.0891. The minimum absolute atomic E-state index is 0.0879. The van der Waals surface area contributed by atoms with Gasteiger partial charge in [-0.1, -0.05) is 24.3 Å². The Morgan fingerprint density at radius 1 is 1.14 bits per heavy atom. The van der Waals surface area contributed by atoms with Gasteiger partial charge >= 0.3 is 0 Å². The molecule has 0 radical (unpaired) electrons. The first-order chi connectivity index (χ1) is 13.4. The highest BCUT2D eigenvalue weighted by Crippen LogP contribution is 2.32. The van der Waals surface area contributed by atoms with Crippen molar-refractivity contribution in [1.29, 1.82) is 0 Å². The van der Waals surface area contributed by atoms with E-state index in [1.54, 1.807) is 36.2 Å². The van der Waals surface area contributed by atoms with Crippen LogP contribution in [0.5, 0.6) is 0 Å². The van der Waals surface area contributed by atoms with Gasteiger partial charge in [0.1, 0.15) is 4.90 Å². The molecule has 2 heterocycles. The Morgan fingerprint density at radius 3 is 2.64 bits per heavy atom. The van der Waals surface area contributed by atoms with Crippen molar-refractivity contribution in [2.45, 2.75) is 17.7 Å². The molecule has 28 heavy (non-hydrogen) atoms. The van der Waals surface area contributed by atoms with E-state index in [1.807, 2.05) is 24.3 Å². The van der Waals surface area contributed by atoms with Gasteiger partial charge in [-0.25, -0.2) is 8.42 Å². The molecule has 1 aliphatic heterocycles. The molecule has 7 nitrogen and oxygen atoms in total. The van der Waals surface area contributed by atoms with E-state index in [0.717, 1.165) is 24.1 Å². The summed E-state index contributed by atoms with van der Waals surface area (Å²) in [4.78, 5) is 14.8. The molecule has 1 amide bonds. The maximum Gasteiger partial charge on any atom is 0.265 e. The van der Waals surface area contributed by atoms with Gasteiger partial charge in [0.05, 0.1) is 11.9 Å². The van der Waals surface area contributed by atoms with Gasteiger partial charge in [-0.2, -0.15) is 5.10 Å². The Balaban J connectivity index is 1.66. The van der Waals surface area contributed by atoms with E-state index in [0.29, 0.717) is 17.8 Å². The summed E-state index contributed by atoms with van der Waals surface area (Å²) in [5, 5.41) is 3.91. The van der Waals surface area contributed by atoms with Gasteiger partial charge in [-0.15, -0.1) is 0 Å². The normalized spacial score (nSPS) is 13.8. The number of nitrogens with one attached hydrogen (secondary N) is 1. The lowest BCUT2D eigenvalue weighted by Gasteiger charge is -2.30. The fourth-order valence-corrected chi connectivity index (χ4v) is 4.37. The number of sulfonamides is 1. The SMILES string of the molecule is Cn1cc(S(=O)(=O)Nc2ccc3c(c2)N(C(=O)c2ccccc2)CCC3)cn1. The molecule has 1 aliphatic rings. The quantitative estimate of drug-likeness (QED) is 0.735. The lowest BCUT2D eigenvalue weighted by atomic mass is 10.00. The molecular formula is C20H20N4O3S. The topological polar surface area (TPSA) is 84.3 Å². The number of carbonyl (C=O) groups excluding carboxylic acids is 1. The van der Waals surface area contributed by atoms with Gasteiger partial charge in [0, 0.05) is 31.0 Å². The summed E-state index contributed by atoms with van der Waals surface area (Å²) < 4.78 is 29.2. The third-order valence-corrected chi connectivity index (χ3v) is 6.05. The fourth-order valence-electron chi connectivity index (χ4n) is 3.34. The fraction of sp³-hybridized carbons (Fsp3) is 0.200. The smallest absolute Gasteiger partial charge is 0.265 e. The van der Waals surface area contributed by atoms with Crippen molar-refractivity contribution >= 4 is 27.3 Å². The number of hydrogen-bond acceptors (Lipinski definition) is 4. The lowest BCUT2D eigenvalue weighted by Crippen LogP contribution is -2.35. The average molecular weight is 396 g/mol. The Hall–Kier alpha value is -3.13. The van der Waals surface area contributed by atoms with Crippen molar-refractivity contribution in [3.63, 3.8) is 0 Å². The zero-order valence-corrected chi connectivity index (χ0v) is 16.2. The first-order valence-electron chi connectivity index (χ1n) is 8.95. The molecule has 1 aromatic heterocycles. The van der Waals surface area contributed by atoms with Crippen LogP contribution in [-0.2, 0) is 23.5 Å². The lowest BCUT2D eigenvalue weighted by molar-refractivity contribution is 0.0985. The zero-order valence-electron chi connectivity index (χ0n) is 15.4. The number of hydrogen-bond donors (Lipinski definition) is 1. The van der Waals surface area contributed by atoms with Crippen LogP contribution in [0.1, 0.15) is 22.3 Å². The molecule has 1 N–H and O–H groups in total. The maximum atomic E-state index is 13.0. The molecule has 0 fully saturated rings. The van der Waals surface area contributed by atoms with Crippen LogP contribution in [-0.4, -0.2) is 30.7 Å². The molecule has 2 aromatic carbocycles. The van der Waals surface area contributed by atoms with Crippen LogP contribution in [0.3, 0.4) is 0 Å². The number of carbonyl (C=O) groups is 1. The monoisotopic (exact) mass is 396 g/mol. The summed E-state index contributed by atoms with van der Waals surface area (Å²) in [7, 11) is -2.09. The molecular weight excluding hydrogens is 376 g/mol. The molecule has 0 bridgehead atoms. The van der Waals surface area contributed by atoms with Crippen LogP contribution >= 0.6 is 0 Å². The van der Waals surface area contributed by atoms with E-state index in [9.17, 15) is 13.2 Å². The molecule has 0 saturated heterocycles. The highest BCUT2D eigenvalue weighted by atomic mass is 32.2. The number of rotatable bonds is 4. The van der Waals surface area contributed by atoms with E-state index in [4.69, 9.17) is 0 Å². The van der Waals surface area contributed by atoms with Crippen molar-refractivity contribution < 1.29 is 13.2 Å². The van der Waals surface area contributed by atoms with Gasteiger partial charge in [0.25, 0.3) is 15.9 Å². The number of anilines is 2. The van der Waals surface area contributed by atoms with Crippen LogP contribution in [0, 0.1) is 0 Å². The Bertz CT molecular complexity index is 1120. The molecule has 0 unspecified atom stereocenters. The number of amides is 1. The highest BCUT2D eigenvalue weighted by molar-refractivity contribution is 7.92. The summed E-state index contributed by atoms with van der Waals surface area (Å²) in [6.07, 6.45) is 4.45. The standard InChI is InChI=1S/C20H20N4O3S/c1-23-14-18(13-21-23)28(26,27)22-17-10-9-15-8-5-11-24(19(15)12-17)20(25)16-6-3-2-4-7-16/h2-4,6-7,9-10,12-14,22H,5,8,11H2,1H3. The third-order valence-electron chi connectivity index (χ3n) is 4.71. The average Bonchev–Trinajstić information content (AvgIpc) is 3.15. The van der Waals surface area contributed by atoms with Crippen molar-refractivity contribution in [2.24, 2.45) is 7.05 Å². The van der Waals surface area contributed by atoms with Crippen molar-refractivity contribution in [2.75, 3.05) is 16.2 Å². The van der Waals surface area contributed by atoms with E-state index < -0.39 is 10.0 Å². The largest absolute Gasteiger partial charge is 0.308 e. The minimum Gasteiger partial charge on any atom is -0.308 e. The van der Waals surface area contributed by atoms with Gasteiger partial charge < -0.3 is 4.90 Å².